The number of hydrogen-bond donors (Lipinski definition) is 2. The molecule has 0 spiro atoms. The summed E-state index contributed by atoms with van der Waals surface area (Å²) in [4.78, 5) is 48.6. The molecule has 0 bridgehead atoms. The maximum Gasteiger partial charge on any atom is 0.472 e. The van der Waals surface area contributed by atoms with E-state index in [1.165, 1.54) is 83.5 Å². The van der Waals surface area contributed by atoms with Crippen molar-refractivity contribution in [1.29, 1.82) is 0 Å². The molecule has 76 heavy (non-hydrogen) atoms. The van der Waals surface area contributed by atoms with E-state index >= 15 is 0 Å². The molecule has 11 nitrogen and oxygen atoms in total. The lowest BCUT2D eigenvalue weighted by atomic mass is 10.1. The Morgan fingerprint density at radius 1 is 0.382 bits per heavy atom. The van der Waals surface area contributed by atoms with Gasteiger partial charge in [0.05, 0.1) is 19.8 Å². The van der Waals surface area contributed by atoms with E-state index in [2.05, 4.69) is 118 Å². The zero-order chi connectivity index (χ0) is 55.5. The molecule has 0 aromatic carbocycles. The van der Waals surface area contributed by atoms with Gasteiger partial charge in [-0.1, -0.05) is 214 Å². The molecule has 0 heterocycles. The van der Waals surface area contributed by atoms with Gasteiger partial charge in [-0.15, -0.1) is 0 Å². The first-order valence-electron chi connectivity index (χ1n) is 30.1. The third-order valence-electron chi connectivity index (χ3n) is 12.5. The van der Waals surface area contributed by atoms with Crippen molar-refractivity contribution >= 4 is 25.7 Å². The topological polar surface area (TPSA) is 155 Å². The molecule has 0 aliphatic rings. The molecule has 0 aliphatic heterocycles. The summed E-state index contributed by atoms with van der Waals surface area (Å²) >= 11 is 0. The van der Waals surface area contributed by atoms with Crippen LogP contribution in [0.5, 0.6) is 0 Å². The summed E-state index contributed by atoms with van der Waals surface area (Å²) in [5.74, 6) is -1.53. The van der Waals surface area contributed by atoms with E-state index in [1.807, 2.05) is 0 Å². The molecule has 2 N–H and O–H groups in total. The highest BCUT2D eigenvalue weighted by Crippen LogP contribution is 2.43. The Hall–Kier alpha value is -3.60. The molecule has 0 rings (SSSR count). The summed E-state index contributed by atoms with van der Waals surface area (Å²) in [6, 6.07) is 0. The number of aliphatic hydroxyl groups is 1. The average Bonchev–Trinajstić information content (AvgIpc) is 3.41. The maximum absolute atomic E-state index is 12.9. The van der Waals surface area contributed by atoms with Gasteiger partial charge in [-0.05, 0) is 116 Å². The summed E-state index contributed by atoms with van der Waals surface area (Å²) in [5, 5.41) is 9.83. The van der Waals surface area contributed by atoms with Crippen LogP contribution in [0, 0.1) is 0 Å². The maximum atomic E-state index is 12.9. The lowest BCUT2D eigenvalue weighted by Crippen LogP contribution is -2.30. The number of rotatable bonds is 55. The fourth-order valence-corrected chi connectivity index (χ4v) is 8.73. The highest BCUT2D eigenvalue weighted by molar-refractivity contribution is 7.47. The van der Waals surface area contributed by atoms with Crippen molar-refractivity contribution in [3.63, 3.8) is 0 Å². The SMILES string of the molecule is CC/C=C\C/C=C\C/C=C\C/C=C\CCCCCCC(=O)OC(CO)COP(=O)(O)OCC(COC(=O)CCCCC/C=C\C/C=C\C/C=C\CC)OC(=O)CCCCCCCCCCC/C=C\CCCCCCCC. The van der Waals surface area contributed by atoms with Crippen LogP contribution in [0.1, 0.15) is 252 Å². The Kier molecular flexibility index (Phi) is 54.8. The van der Waals surface area contributed by atoms with E-state index in [9.17, 15) is 28.9 Å². The number of hydrogen-bond acceptors (Lipinski definition) is 10. The molecule has 0 fully saturated rings. The van der Waals surface area contributed by atoms with Crippen molar-refractivity contribution in [3.05, 3.63) is 97.2 Å². The predicted molar refractivity (Wildman–Crippen MR) is 316 cm³/mol. The third-order valence-corrected chi connectivity index (χ3v) is 13.4. The molecule has 12 heteroatoms. The molecular weight excluding hydrogens is 976 g/mol. The van der Waals surface area contributed by atoms with Gasteiger partial charge in [-0.2, -0.15) is 0 Å². The molecule has 0 saturated carbocycles. The van der Waals surface area contributed by atoms with Gasteiger partial charge in [0.25, 0.3) is 0 Å². The van der Waals surface area contributed by atoms with Crippen LogP contribution in [0.3, 0.4) is 0 Å². The van der Waals surface area contributed by atoms with E-state index in [0.717, 1.165) is 109 Å². The van der Waals surface area contributed by atoms with E-state index < -0.39 is 57.8 Å². The summed E-state index contributed by atoms with van der Waals surface area (Å²) in [5.41, 5.74) is 0. The molecule has 3 atom stereocenters. The highest BCUT2D eigenvalue weighted by atomic mass is 31.2. The zero-order valence-electron chi connectivity index (χ0n) is 48.2. The number of phosphoric acid groups is 1. The van der Waals surface area contributed by atoms with Crippen LogP contribution in [-0.4, -0.2) is 66.5 Å². The molecule has 0 aliphatic carbocycles. The number of aliphatic hydroxyl groups excluding tert-OH is 1. The monoisotopic (exact) mass is 1080 g/mol. The molecule has 436 valence electrons. The smallest absolute Gasteiger partial charge is 0.462 e. The van der Waals surface area contributed by atoms with Crippen molar-refractivity contribution in [2.24, 2.45) is 0 Å². The minimum atomic E-state index is -4.77. The largest absolute Gasteiger partial charge is 0.472 e. The number of ether oxygens (including phenoxy) is 3. The van der Waals surface area contributed by atoms with Crippen LogP contribution in [0.2, 0.25) is 0 Å². The normalized spacial score (nSPS) is 14.0. The van der Waals surface area contributed by atoms with Crippen LogP contribution >= 0.6 is 7.82 Å². The van der Waals surface area contributed by atoms with Gasteiger partial charge in [0.1, 0.15) is 12.7 Å². The minimum absolute atomic E-state index is 0.143. The molecule has 0 amide bonds. The first-order chi connectivity index (χ1) is 37.2. The van der Waals surface area contributed by atoms with Crippen LogP contribution in [0.4, 0.5) is 0 Å². The molecule has 3 unspecified atom stereocenters. The van der Waals surface area contributed by atoms with Crippen molar-refractivity contribution in [2.75, 3.05) is 26.4 Å². The van der Waals surface area contributed by atoms with E-state index in [1.54, 1.807) is 0 Å². The second kappa shape index (κ2) is 57.6. The van der Waals surface area contributed by atoms with Gasteiger partial charge < -0.3 is 24.2 Å². The first-order valence-corrected chi connectivity index (χ1v) is 31.6. The number of unbranched alkanes of at least 4 members (excludes halogenated alkanes) is 22. The lowest BCUT2D eigenvalue weighted by Gasteiger charge is -2.21. The van der Waals surface area contributed by atoms with Gasteiger partial charge in [0.2, 0.25) is 0 Å². The van der Waals surface area contributed by atoms with Gasteiger partial charge >= 0.3 is 25.7 Å². The number of allylic oxidation sites excluding steroid dienone is 16. The number of esters is 3. The molecule has 0 saturated heterocycles. The quantitative estimate of drug-likeness (QED) is 0.0197. The fraction of sp³-hybridized carbons (Fsp3) is 0.703. The number of phosphoric ester groups is 1. The Balaban J connectivity index is 4.74. The van der Waals surface area contributed by atoms with Crippen molar-refractivity contribution in [1.82, 2.24) is 0 Å². The third kappa shape index (κ3) is 55.2. The lowest BCUT2D eigenvalue weighted by molar-refractivity contribution is -0.161. The van der Waals surface area contributed by atoms with Gasteiger partial charge in [-0.3, -0.25) is 23.4 Å². The average molecular weight is 1090 g/mol. The predicted octanol–water partition coefficient (Wildman–Crippen LogP) is 18.0. The van der Waals surface area contributed by atoms with E-state index in [-0.39, 0.29) is 25.9 Å². The Morgan fingerprint density at radius 2 is 0.684 bits per heavy atom. The minimum Gasteiger partial charge on any atom is -0.462 e. The Morgan fingerprint density at radius 3 is 1.08 bits per heavy atom. The molecular formula is C64H109O11P. The first kappa shape index (κ1) is 72.4. The summed E-state index contributed by atoms with van der Waals surface area (Å²) in [6.45, 7) is 4.36. The summed E-state index contributed by atoms with van der Waals surface area (Å²) in [6.07, 6.45) is 67.9. The van der Waals surface area contributed by atoms with E-state index in [0.29, 0.717) is 19.3 Å². The summed E-state index contributed by atoms with van der Waals surface area (Å²) in [7, 11) is -4.77. The van der Waals surface area contributed by atoms with Crippen LogP contribution in [0.25, 0.3) is 0 Å². The zero-order valence-corrected chi connectivity index (χ0v) is 49.1. The Labute approximate surface area is 463 Å². The standard InChI is InChI=1S/C64H109O11P/c1-4-7-10-13-16-19-22-25-27-29-30-32-34-37-40-43-46-49-52-55-64(68)75-61(57-71-62(66)53-50-47-44-41-38-35-24-21-18-15-12-9-6-3)59-73-76(69,70)72-58-60(56-65)74-63(67)54-51-48-45-42-39-36-33-31-28-26-23-20-17-14-11-8-5-2/h8-9,11-12,17-18,20-21,25-28,33,35-36,38,60-61,65H,4-7,10,13-16,19,22-24,29-32,34,37,39-59H2,1-3H3,(H,69,70)/b11-8-,12-9-,20-17-,21-18-,27-25-,28-26-,36-33-,38-35-. The van der Waals surface area contributed by atoms with Crippen molar-refractivity contribution < 1.29 is 52.2 Å². The highest BCUT2D eigenvalue weighted by Gasteiger charge is 2.28. The van der Waals surface area contributed by atoms with Gasteiger partial charge in [-0.25, -0.2) is 4.57 Å². The fourth-order valence-electron chi connectivity index (χ4n) is 7.94. The second-order valence-electron chi connectivity index (χ2n) is 19.7. The van der Waals surface area contributed by atoms with E-state index in [4.69, 9.17) is 23.3 Å². The van der Waals surface area contributed by atoms with Crippen molar-refractivity contribution in [2.45, 2.75) is 264 Å². The van der Waals surface area contributed by atoms with Gasteiger partial charge in [0, 0.05) is 19.3 Å². The summed E-state index contributed by atoms with van der Waals surface area (Å²) < 4.78 is 39.5. The molecule has 0 radical (unpaired) electrons. The van der Waals surface area contributed by atoms with Crippen LogP contribution in [-0.2, 0) is 42.2 Å². The number of carbonyl (C=O) groups is 3. The van der Waals surface area contributed by atoms with Crippen molar-refractivity contribution in [3.8, 4) is 0 Å². The second-order valence-corrected chi connectivity index (χ2v) is 21.2. The molecule has 0 aromatic rings. The Bertz CT molecular complexity index is 1640. The van der Waals surface area contributed by atoms with Gasteiger partial charge in [0.15, 0.2) is 6.10 Å². The molecule has 0 aromatic heterocycles. The number of carbonyl (C=O) groups excluding carboxylic acids is 3. The van der Waals surface area contributed by atoms with Crippen LogP contribution in [0.15, 0.2) is 97.2 Å². The van der Waals surface area contributed by atoms with Crippen LogP contribution < -0.4 is 0 Å².